The third-order valence-electron chi connectivity index (χ3n) is 3.28. The third-order valence-corrected chi connectivity index (χ3v) is 3.28. The molecule has 0 bridgehead atoms. The molecule has 17 heavy (non-hydrogen) atoms. The summed E-state index contributed by atoms with van der Waals surface area (Å²) in [5.41, 5.74) is 0.521. The largest absolute Gasteiger partial charge is 0.549 e. The van der Waals surface area contributed by atoms with E-state index in [1.54, 1.807) is 37.3 Å². The summed E-state index contributed by atoms with van der Waals surface area (Å²) >= 11 is 0. The lowest BCUT2D eigenvalue weighted by Gasteiger charge is -2.13. The Morgan fingerprint density at radius 1 is 1.47 bits per heavy atom. The number of ether oxygens (including phenoxy) is 1. The van der Waals surface area contributed by atoms with Crippen molar-refractivity contribution in [3.63, 3.8) is 0 Å². The molecule has 5 heteroatoms. The van der Waals surface area contributed by atoms with Crippen LogP contribution in [0.15, 0.2) is 30.3 Å². The lowest BCUT2D eigenvalue weighted by molar-refractivity contribution is -0.145. The fraction of sp³-hybridized carbons (Fsp3) is 0.417. The first kappa shape index (κ1) is 12.1. The average molecular weight is 238 g/mol. The van der Waals surface area contributed by atoms with Crippen LogP contribution in [0.25, 0.3) is 0 Å². The van der Waals surface area contributed by atoms with Crippen LogP contribution < -0.4 is 0 Å². The first-order valence-electron chi connectivity index (χ1n) is 5.63. The van der Waals surface area contributed by atoms with Crippen molar-refractivity contribution in [1.29, 1.82) is 0 Å². The van der Waals surface area contributed by atoms with E-state index >= 15 is 0 Å². The first-order chi connectivity index (χ1) is 8.13. The van der Waals surface area contributed by atoms with Crippen LogP contribution in [-0.2, 0) is 14.8 Å². The third kappa shape index (κ3) is 1.94. The maximum atomic E-state index is 13.2. The van der Waals surface area contributed by atoms with Gasteiger partial charge in [-0.1, -0.05) is 30.3 Å². The van der Waals surface area contributed by atoms with Crippen LogP contribution in [-0.4, -0.2) is 19.8 Å². The van der Waals surface area contributed by atoms with E-state index in [9.17, 15) is 13.4 Å². The summed E-state index contributed by atoms with van der Waals surface area (Å²) in [6.07, 6.45) is 0.174. The number of hydrogen-bond donors (Lipinski definition) is 0. The predicted molar refractivity (Wildman–Crippen MR) is 60.8 cm³/mol. The molecule has 1 aliphatic carbocycles. The van der Waals surface area contributed by atoms with E-state index in [-0.39, 0.29) is 13.0 Å². The Balaban J connectivity index is 2.24. The van der Waals surface area contributed by atoms with Gasteiger partial charge in [0.25, 0.3) is 0 Å². The quantitative estimate of drug-likeness (QED) is 0.594. The molecule has 0 heterocycles. The second-order valence-electron chi connectivity index (χ2n) is 4.22. The van der Waals surface area contributed by atoms with Gasteiger partial charge in [-0.25, -0.2) is 0 Å². The molecule has 90 valence electrons. The summed E-state index contributed by atoms with van der Waals surface area (Å²) in [5, 5.41) is -1.33. The molecule has 0 radical (unpaired) electrons. The topological polar surface area (TPSA) is 26.3 Å². The van der Waals surface area contributed by atoms with Gasteiger partial charge in [-0.05, 0) is 18.9 Å². The van der Waals surface area contributed by atoms with Gasteiger partial charge in [-0.15, -0.1) is 0 Å². The molecule has 0 N–H and O–H groups in total. The van der Waals surface area contributed by atoms with Crippen LogP contribution in [0.2, 0.25) is 0 Å². The number of carbonyl (C=O) groups excluding carboxylic acids is 1. The van der Waals surface area contributed by atoms with Crippen molar-refractivity contribution in [3.8, 4) is 0 Å². The van der Waals surface area contributed by atoms with Crippen LogP contribution >= 0.6 is 0 Å². The van der Waals surface area contributed by atoms with Crippen LogP contribution in [0, 0.1) is 5.92 Å². The Morgan fingerprint density at radius 2 is 2.12 bits per heavy atom. The maximum Gasteiger partial charge on any atom is 0.549 e. The molecule has 0 aromatic heterocycles. The highest BCUT2D eigenvalue weighted by atomic mass is 19.2. The maximum absolute atomic E-state index is 13.2. The smallest absolute Gasteiger partial charge is 0.466 e. The van der Waals surface area contributed by atoms with Gasteiger partial charge in [0.05, 0.1) is 17.8 Å². The van der Waals surface area contributed by atoms with Gasteiger partial charge in [0.2, 0.25) is 0 Å². The summed E-state index contributed by atoms with van der Waals surface area (Å²) in [6, 6.07) is 8.47. The van der Waals surface area contributed by atoms with E-state index in [2.05, 4.69) is 0 Å². The van der Waals surface area contributed by atoms with E-state index in [1.165, 1.54) is 0 Å². The molecule has 0 saturated heterocycles. The van der Waals surface area contributed by atoms with E-state index in [4.69, 9.17) is 4.74 Å². The normalized spacial score (nSPS) is 26.4. The van der Waals surface area contributed by atoms with Crippen molar-refractivity contribution in [2.45, 2.75) is 18.7 Å². The summed E-state index contributed by atoms with van der Waals surface area (Å²) in [7, 11) is -2.54. The van der Waals surface area contributed by atoms with Crippen molar-refractivity contribution in [3.05, 3.63) is 35.9 Å². The monoisotopic (exact) mass is 238 g/mol. The second kappa shape index (κ2) is 4.47. The molecule has 0 amide bonds. The molecule has 1 aromatic carbocycles. The number of carbonyl (C=O) groups is 1. The van der Waals surface area contributed by atoms with Gasteiger partial charge in [0, 0.05) is 0 Å². The van der Waals surface area contributed by atoms with Gasteiger partial charge < -0.3 is 4.74 Å². The molecule has 0 unspecified atom stereocenters. The van der Waals surface area contributed by atoms with E-state index < -0.39 is 24.5 Å². The minimum absolute atomic E-state index is 0.174. The molecule has 2 rings (SSSR count). The Hall–Kier alpha value is -1.39. The van der Waals surface area contributed by atoms with Gasteiger partial charge in [0.1, 0.15) is 0 Å². The van der Waals surface area contributed by atoms with E-state index in [1.807, 2.05) is 0 Å². The van der Waals surface area contributed by atoms with Crippen molar-refractivity contribution in [1.82, 2.24) is 0 Å². The van der Waals surface area contributed by atoms with Crippen LogP contribution in [0.4, 0.5) is 8.63 Å². The molecule has 0 spiro atoms. The lowest BCUT2D eigenvalue weighted by Crippen LogP contribution is -2.28. The molecule has 1 aromatic rings. The average Bonchev–Trinajstić information content (AvgIpc) is 3.07. The molecule has 2 nitrogen and oxygen atoms in total. The number of esters is 1. The van der Waals surface area contributed by atoms with Gasteiger partial charge in [0.15, 0.2) is 0 Å². The fourth-order valence-electron chi connectivity index (χ4n) is 2.25. The van der Waals surface area contributed by atoms with Gasteiger partial charge in [-0.3, -0.25) is 13.4 Å². The highest BCUT2D eigenvalue weighted by molar-refractivity contribution is 6.49. The highest BCUT2D eigenvalue weighted by Crippen LogP contribution is 2.57. The zero-order chi connectivity index (χ0) is 12.5. The Labute approximate surface area is 99.1 Å². The molecule has 1 fully saturated rings. The number of rotatable bonds is 4. The Morgan fingerprint density at radius 3 is 2.65 bits per heavy atom. The van der Waals surface area contributed by atoms with Gasteiger partial charge >= 0.3 is 13.2 Å². The minimum Gasteiger partial charge on any atom is -0.466 e. The number of halogens is 2. The SMILES string of the molecule is CCOC(=O)[C@@H]1C[C@@]1(B(F)F)c1ccccc1. The highest BCUT2D eigenvalue weighted by Gasteiger charge is 2.68. The van der Waals surface area contributed by atoms with Crippen molar-refractivity contribution in [2.24, 2.45) is 5.92 Å². The summed E-state index contributed by atoms with van der Waals surface area (Å²) in [6.45, 7) is 1.90. The zero-order valence-electron chi connectivity index (χ0n) is 9.53. The zero-order valence-corrected chi connectivity index (χ0v) is 9.53. The number of benzene rings is 1. The molecule has 2 atom stereocenters. The Kier molecular flexibility index (Phi) is 3.18. The second-order valence-corrected chi connectivity index (χ2v) is 4.22. The van der Waals surface area contributed by atoms with E-state index in [0.29, 0.717) is 5.56 Å². The summed E-state index contributed by atoms with van der Waals surface area (Å²) in [4.78, 5) is 11.5. The van der Waals surface area contributed by atoms with Crippen molar-refractivity contribution in [2.75, 3.05) is 6.61 Å². The summed E-state index contributed by atoms with van der Waals surface area (Å²) in [5.74, 6) is -1.22. The molecule has 0 aliphatic heterocycles. The summed E-state index contributed by atoms with van der Waals surface area (Å²) < 4.78 is 31.2. The van der Waals surface area contributed by atoms with Crippen LogP contribution in [0.3, 0.4) is 0 Å². The number of hydrogen-bond acceptors (Lipinski definition) is 2. The predicted octanol–water partition coefficient (Wildman–Crippen LogP) is 2.47. The van der Waals surface area contributed by atoms with Crippen LogP contribution in [0.1, 0.15) is 18.9 Å². The lowest BCUT2D eigenvalue weighted by atomic mass is 9.67. The van der Waals surface area contributed by atoms with Gasteiger partial charge in [-0.2, -0.15) is 0 Å². The minimum atomic E-state index is -2.54. The van der Waals surface area contributed by atoms with E-state index in [0.717, 1.165) is 0 Å². The first-order valence-corrected chi connectivity index (χ1v) is 5.63. The van der Waals surface area contributed by atoms with Crippen molar-refractivity contribution >= 4 is 13.2 Å². The molecule has 1 saturated carbocycles. The molecular weight excluding hydrogens is 225 g/mol. The van der Waals surface area contributed by atoms with Crippen molar-refractivity contribution < 1.29 is 18.2 Å². The fourth-order valence-corrected chi connectivity index (χ4v) is 2.25. The standard InChI is InChI=1S/C12H13BF2O2/c1-2-17-11(16)10-8-12(10,13(14)15)9-6-4-3-5-7-9/h3-7,10H,2,8H2,1H3/t10-,12+/m0/s1. The molecular formula is C12H13BF2O2. The molecule has 1 aliphatic rings. The Bertz CT molecular complexity index is 410. The van der Waals surface area contributed by atoms with Crippen LogP contribution in [0.5, 0.6) is 0 Å².